The summed E-state index contributed by atoms with van der Waals surface area (Å²) in [6, 6.07) is 1.13. The van der Waals surface area contributed by atoms with Crippen LogP contribution in [0.4, 0.5) is 0 Å². The highest BCUT2D eigenvalue weighted by atomic mass is 32.2. The minimum atomic E-state index is -3.64. The molecule has 0 aromatic carbocycles. The average Bonchev–Trinajstić information content (AvgIpc) is 2.88. The maximum absolute atomic E-state index is 12.1. The zero-order chi connectivity index (χ0) is 14.8. The van der Waals surface area contributed by atoms with Crippen LogP contribution in [0, 0.1) is 11.8 Å². The molecule has 1 aliphatic rings. The summed E-state index contributed by atoms with van der Waals surface area (Å²) in [5, 5.41) is 8.79. The molecular weight excluding hydrogens is 280 g/mol. The van der Waals surface area contributed by atoms with Crippen molar-refractivity contribution < 1.29 is 18.3 Å². The smallest absolute Gasteiger partial charge is 0.352 e. The predicted octanol–water partition coefficient (Wildman–Crippen LogP) is 1.82. The highest BCUT2D eigenvalue weighted by Crippen LogP contribution is 2.29. The van der Waals surface area contributed by atoms with Gasteiger partial charge < -0.3 is 10.1 Å². The van der Waals surface area contributed by atoms with Crippen molar-refractivity contribution in [2.75, 3.05) is 6.54 Å². The highest BCUT2D eigenvalue weighted by molar-refractivity contribution is 7.89. The van der Waals surface area contributed by atoms with Crippen molar-refractivity contribution in [3.05, 3.63) is 18.0 Å². The Balaban J connectivity index is 2.01. The van der Waals surface area contributed by atoms with Gasteiger partial charge in [-0.05, 0) is 24.3 Å². The fourth-order valence-corrected chi connectivity index (χ4v) is 3.74. The first-order valence-corrected chi connectivity index (χ1v) is 8.30. The summed E-state index contributed by atoms with van der Waals surface area (Å²) in [5.74, 6) is -0.295. The quantitative estimate of drug-likeness (QED) is 0.772. The molecule has 1 aromatic rings. The molecule has 3 N–H and O–H groups in total. The van der Waals surface area contributed by atoms with Gasteiger partial charge in [-0.2, -0.15) is 0 Å². The van der Waals surface area contributed by atoms with Crippen LogP contribution < -0.4 is 4.72 Å². The second-order valence-electron chi connectivity index (χ2n) is 5.43. The minimum absolute atomic E-state index is 0.0293. The monoisotopic (exact) mass is 300 g/mol. The summed E-state index contributed by atoms with van der Waals surface area (Å²) < 4.78 is 26.8. The third kappa shape index (κ3) is 3.40. The van der Waals surface area contributed by atoms with Crippen LogP contribution in [0.3, 0.4) is 0 Å². The third-order valence-electron chi connectivity index (χ3n) is 4.02. The normalized spacial score (nSPS) is 23.6. The van der Waals surface area contributed by atoms with Gasteiger partial charge in [-0.15, -0.1) is 0 Å². The molecule has 1 aliphatic carbocycles. The molecule has 20 heavy (non-hydrogen) atoms. The molecule has 1 heterocycles. The molecule has 0 amide bonds. The molecule has 0 radical (unpaired) electrons. The van der Waals surface area contributed by atoms with Crippen molar-refractivity contribution in [3.63, 3.8) is 0 Å². The lowest BCUT2D eigenvalue weighted by Gasteiger charge is -2.28. The van der Waals surface area contributed by atoms with Crippen LogP contribution in [-0.4, -0.2) is 31.0 Å². The van der Waals surface area contributed by atoms with E-state index in [1.807, 2.05) is 0 Å². The summed E-state index contributed by atoms with van der Waals surface area (Å²) in [6.07, 6.45) is 5.74. The Kier molecular flexibility index (Phi) is 4.49. The summed E-state index contributed by atoms with van der Waals surface area (Å²) >= 11 is 0. The van der Waals surface area contributed by atoms with E-state index >= 15 is 0 Å². The number of nitrogens with one attached hydrogen (secondary N) is 2. The molecule has 0 saturated heterocycles. The van der Waals surface area contributed by atoms with Crippen LogP contribution in [0.15, 0.2) is 17.2 Å². The molecule has 1 aromatic heterocycles. The van der Waals surface area contributed by atoms with Crippen LogP contribution in [0.1, 0.15) is 43.1 Å². The number of sulfonamides is 1. The molecule has 0 spiro atoms. The van der Waals surface area contributed by atoms with Gasteiger partial charge in [-0.1, -0.05) is 26.2 Å². The predicted molar refractivity (Wildman–Crippen MR) is 74.1 cm³/mol. The Labute approximate surface area is 118 Å². The molecule has 1 fully saturated rings. The third-order valence-corrected chi connectivity index (χ3v) is 5.42. The summed E-state index contributed by atoms with van der Waals surface area (Å²) in [7, 11) is -3.64. The van der Waals surface area contributed by atoms with Gasteiger partial charge in [-0.3, -0.25) is 0 Å². The molecule has 2 unspecified atom stereocenters. The van der Waals surface area contributed by atoms with Gasteiger partial charge in [0.15, 0.2) is 0 Å². The van der Waals surface area contributed by atoms with Crippen molar-refractivity contribution in [2.24, 2.45) is 11.8 Å². The molecule has 2 rings (SSSR count). The van der Waals surface area contributed by atoms with E-state index in [-0.39, 0.29) is 10.6 Å². The maximum Gasteiger partial charge on any atom is 0.352 e. The Bertz CT molecular complexity index is 579. The number of carbonyl (C=O) groups is 1. The van der Waals surface area contributed by atoms with Crippen LogP contribution in [-0.2, 0) is 10.0 Å². The SMILES string of the molecule is CC1CCCCC1CNS(=O)(=O)c1c[nH]c(C(=O)O)c1. The Morgan fingerprint density at radius 3 is 2.75 bits per heavy atom. The first-order chi connectivity index (χ1) is 9.40. The Morgan fingerprint density at radius 1 is 1.45 bits per heavy atom. The first kappa shape index (κ1) is 15.1. The minimum Gasteiger partial charge on any atom is -0.477 e. The van der Waals surface area contributed by atoms with Gasteiger partial charge >= 0.3 is 5.97 Å². The molecule has 1 saturated carbocycles. The summed E-state index contributed by atoms with van der Waals surface area (Å²) in [6.45, 7) is 2.56. The fourth-order valence-electron chi connectivity index (χ4n) is 2.65. The van der Waals surface area contributed by atoms with Gasteiger partial charge in [0.05, 0.1) is 0 Å². The molecule has 2 atom stereocenters. The number of H-pyrrole nitrogens is 1. The second kappa shape index (κ2) is 5.97. The van der Waals surface area contributed by atoms with E-state index in [9.17, 15) is 13.2 Å². The number of aromatic amines is 1. The van der Waals surface area contributed by atoms with E-state index in [0.717, 1.165) is 25.3 Å². The van der Waals surface area contributed by atoms with Crippen molar-refractivity contribution in [1.82, 2.24) is 9.71 Å². The summed E-state index contributed by atoms with van der Waals surface area (Å²) in [5.41, 5.74) is -0.128. The van der Waals surface area contributed by atoms with Gasteiger partial charge in [0.1, 0.15) is 10.6 Å². The number of carboxylic acid groups (broad SMARTS) is 1. The highest BCUT2D eigenvalue weighted by Gasteiger charge is 2.24. The van der Waals surface area contributed by atoms with E-state index in [4.69, 9.17) is 5.11 Å². The number of aromatic carboxylic acids is 1. The molecule has 6 nitrogen and oxygen atoms in total. The van der Waals surface area contributed by atoms with Crippen molar-refractivity contribution in [2.45, 2.75) is 37.5 Å². The lowest BCUT2D eigenvalue weighted by atomic mass is 9.81. The molecule has 0 bridgehead atoms. The van der Waals surface area contributed by atoms with Crippen molar-refractivity contribution in [1.29, 1.82) is 0 Å². The van der Waals surface area contributed by atoms with E-state index < -0.39 is 16.0 Å². The molecular formula is C13H20N2O4S. The van der Waals surface area contributed by atoms with E-state index in [2.05, 4.69) is 16.6 Å². The first-order valence-electron chi connectivity index (χ1n) is 6.81. The second-order valence-corrected chi connectivity index (χ2v) is 7.19. The molecule has 112 valence electrons. The molecule has 0 aliphatic heterocycles. The fraction of sp³-hybridized carbons (Fsp3) is 0.615. The molecule has 7 heteroatoms. The number of rotatable bonds is 5. The number of aromatic nitrogens is 1. The van der Waals surface area contributed by atoms with Crippen molar-refractivity contribution >= 4 is 16.0 Å². The standard InChI is InChI=1S/C13H20N2O4S/c1-9-4-2-3-5-10(9)7-15-20(18,19)11-6-12(13(16)17)14-8-11/h6,8-10,14-15H,2-5,7H2,1H3,(H,16,17). The number of hydrogen-bond donors (Lipinski definition) is 3. The lowest BCUT2D eigenvalue weighted by molar-refractivity contribution is 0.0691. The zero-order valence-electron chi connectivity index (χ0n) is 11.4. The largest absolute Gasteiger partial charge is 0.477 e. The van der Waals surface area contributed by atoms with Crippen molar-refractivity contribution in [3.8, 4) is 0 Å². The number of hydrogen-bond acceptors (Lipinski definition) is 3. The van der Waals surface area contributed by atoms with E-state index in [1.165, 1.54) is 12.6 Å². The van der Waals surface area contributed by atoms with Gasteiger partial charge in [0, 0.05) is 12.7 Å². The lowest BCUT2D eigenvalue weighted by Crippen LogP contribution is -2.33. The average molecular weight is 300 g/mol. The maximum atomic E-state index is 12.1. The Hall–Kier alpha value is -1.34. The van der Waals surface area contributed by atoms with Gasteiger partial charge in [-0.25, -0.2) is 17.9 Å². The van der Waals surface area contributed by atoms with Crippen LogP contribution in [0.5, 0.6) is 0 Å². The van der Waals surface area contributed by atoms with Gasteiger partial charge in [0.25, 0.3) is 0 Å². The van der Waals surface area contributed by atoms with Crippen LogP contribution >= 0.6 is 0 Å². The van der Waals surface area contributed by atoms with Crippen LogP contribution in [0.25, 0.3) is 0 Å². The topological polar surface area (TPSA) is 99.3 Å². The van der Waals surface area contributed by atoms with E-state index in [1.54, 1.807) is 0 Å². The Morgan fingerprint density at radius 2 is 2.15 bits per heavy atom. The van der Waals surface area contributed by atoms with Crippen LogP contribution in [0.2, 0.25) is 0 Å². The summed E-state index contributed by atoms with van der Waals surface area (Å²) in [4.78, 5) is 13.2. The van der Waals surface area contributed by atoms with Gasteiger partial charge in [0.2, 0.25) is 10.0 Å². The number of carboxylic acids is 1. The van der Waals surface area contributed by atoms with E-state index in [0.29, 0.717) is 18.4 Å². The zero-order valence-corrected chi connectivity index (χ0v) is 12.2.